The predicted octanol–water partition coefficient (Wildman–Crippen LogP) is 4.10. The molecule has 1 aromatic heterocycles. The zero-order valence-electron chi connectivity index (χ0n) is 19.1. The van der Waals surface area contributed by atoms with E-state index in [4.69, 9.17) is 12.2 Å². The molecule has 8 nitrogen and oxygen atoms in total. The summed E-state index contributed by atoms with van der Waals surface area (Å²) in [5.41, 5.74) is 2.75. The third kappa shape index (κ3) is 6.17. The highest BCUT2D eigenvalue weighted by molar-refractivity contribution is 7.92. The van der Waals surface area contributed by atoms with Crippen LogP contribution >= 0.6 is 12.2 Å². The third-order valence-corrected chi connectivity index (χ3v) is 6.66. The molecule has 3 N–H and O–H groups in total. The molecule has 0 unspecified atom stereocenters. The molecule has 0 saturated carbocycles. The molecule has 35 heavy (non-hydrogen) atoms. The Hall–Kier alpha value is -3.89. The van der Waals surface area contributed by atoms with E-state index in [0.29, 0.717) is 17.1 Å². The van der Waals surface area contributed by atoms with E-state index in [9.17, 15) is 13.2 Å². The van der Waals surface area contributed by atoms with E-state index in [1.807, 2.05) is 42.5 Å². The summed E-state index contributed by atoms with van der Waals surface area (Å²) in [5, 5.41) is 7.76. The van der Waals surface area contributed by atoms with Gasteiger partial charge in [0.05, 0.1) is 11.3 Å². The van der Waals surface area contributed by atoms with Gasteiger partial charge in [-0.1, -0.05) is 42.5 Å². The van der Waals surface area contributed by atoms with Crippen molar-refractivity contribution in [3.63, 3.8) is 0 Å². The molecule has 4 aromatic rings. The maximum Gasteiger partial charge on any atom is 0.264 e. The van der Waals surface area contributed by atoms with Crippen LogP contribution in [0.15, 0.2) is 77.7 Å². The second-order valence-electron chi connectivity index (χ2n) is 7.92. The van der Waals surface area contributed by atoms with Crippen LogP contribution in [0.2, 0.25) is 0 Å². The van der Waals surface area contributed by atoms with Crippen molar-refractivity contribution in [3.8, 4) is 0 Å². The lowest BCUT2D eigenvalue weighted by Gasteiger charge is -2.12. The van der Waals surface area contributed by atoms with Gasteiger partial charge >= 0.3 is 0 Å². The Kier molecular flexibility index (Phi) is 7.04. The fourth-order valence-electron chi connectivity index (χ4n) is 3.62. The standard InChI is InChI=1S/C25H23N5O3S2/c1-16-14-17(2)27-24(26-16)30-35(32,33)21-12-10-20(11-13-21)28-25(34)29-23(31)15-19-8-5-7-18-6-3-4-9-22(18)19/h3-14H,15H2,1-2H3,(H,26,27,30)(H2,28,29,31,34). The first kappa shape index (κ1) is 24.2. The lowest BCUT2D eigenvalue weighted by Crippen LogP contribution is -2.35. The average Bonchev–Trinajstić information content (AvgIpc) is 2.78. The van der Waals surface area contributed by atoms with E-state index in [1.165, 1.54) is 12.1 Å². The summed E-state index contributed by atoms with van der Waals surface area (Å²) in [6.45, 7) is 3.52. The molecule has 0 radical (unpaired) electrons. The zero-order chi connectivity index (χ0) is 25.0. The monoisotopic (exact) mass is 505 g/mol. The van der Waals surface area contributed by atoms with Gasteiger partial charge in [0.2, 0.25) is 11.9 Å². The quantitative estimate of drug-likeness (QED) is 0.338. The van der Waals surface area contributed by atoms with Gasteiger partial charge < -0.3 is 10.6 Å². The molecule has 0 aliphatic carbocycles. The second kappa shape index (κ2) is 10.2. The van der Waals surface area contributed by atoms with E-state index in [0.717, 1.165) is 16.3 Å². The smallest absolute Gasteiger partial charge is 0.264 e. The Bertz CT molecular complexity index is 1490. The van der Waals surface area contributed by atoms with Crippen molar-refractivity contribution in [2.24, 2.45) is 0 Å². The highest BCUT2D eigenvalue weighted by Gasteiger charge is 2.16. The third-order valence-electron chi connectivity index (χ3n) is 5.11. The molecule has 0 aliphatic heterocycles. The van der Waals surface area contributed by atoms with Crippen molar-refractivity contribution >= 4 is 55.7 Å². The van der Waals surface area contributed by atoms with Crippen LogP contribution in [0.5, 0.6) is 0 Å². The molecule has 3 aromatic carbocycles. The van der Waals surface area contributed by atoms with Crippen LogP contribution in [0, 0.1) is 13.8 Å². The Labute approximate surface area is 208 Å². The van der Waals surface area contributed by atoms with Gasteiger partial charge in [-0.25, -0.2) is 23.1 Å². The highest BCUT2D eigenvalue weighted by atomic mass is 32.2. The molecule has 1 amide bonds. The van der Waals surface area contributed by atoms with Crippen molar-refractivity contribution in [3.05, 3.63) is 89.7 Å². The van der Waals surface area contributed by atoms with Gasteiger partial charge in [-0.3, -0.25) is 4.79 Å². The van der Waals surface area contributed by atoms with E-state index < -0.39 is 10.0 Å². The number of hydrogen-bond donors (Lipinski definition) is 3. The molecule has 4 rings (SSSR count). The van der Waals surface area contributed by atoms with Crippen LogP contribution < -0.4 is 15.4 Å². The molecule has 0 atom stereocenters. The summed E-state index contributed by atoms with van der Waals surface area (Å²) in [6.07, 6.45) is 0.173. The van der Waals surface area contributed by atoms with Gasteiger partial charge in [0.1, 0.15) is 0 Å². The molecule has 0 spiro atoms. The molecular formula is C25H23N5O3S2. The predicted molar refractivity (Wildman–Crippen MR) is 141 cm³/mol. The Morgan fingerprint density at radius 3 is 2.29 bits per heavy atom. The number of hydrogen-bond acceptors (Lipinski definition) is 6. The van der Waals surface area contributed by atoms with Gasteiger partial charge in [0.15, 0.2) is 5.11 Å². The number of nitrogens with one attached hydrogen (secondary N) is 3. The first-order valence-corrected chi connectivity index (χ1v) is 12.6. The zero-order valence-corrected chi connectivity index (χ0v) is 20.7. The largest absolute Gasteiger partial charge is 0.332 e. The number of aromatic nitrogens is 2. The summed E-state index contributed by atoms with van der Waals surface area (Å²) in [6, 6.07) is 21.4. The van der Waals surface area contributed by atoms with E-state index in [2.05, 4.69) is 25.3 Å². The number of carbonyl (C=O) groups excluding carboxylic acids is 1. The number of thiocarbonyl (C=S) groups is 1. The van der Waals surface area contributed by atoms with Crippen LogP contribution in [0.1, 0.15) is 17.0 Å². The number of fused-ring (bicyclic) bond motifs is 1. The molecule has 0 bridgehead atoms. The van der Waals surface area contributed by atoms with Gasteiger partial charge in [-0.2, -0.15) is 0 Å². The molecule has 0 fully saturated rings. The van der Waals surface area contributed by atoms with Crippen LogP contribution in [0.4, 0.5) is 11.6 Å². The average molecular weight is 506 g/mol. The normalized spacial score (nSPS) is 11.1. The number of anilines is 2. The maximum atomic E-state index is 12.7. The molecule has 0 aliphatic rings. The number of benzene rings is 3. The first-order chi connectivity index (χ1) is 16.7. The van der Waals surface area contributed by atoms with Crippen LogP contribution in [0.25, 0.3) is 10.8 Å². The van der Waals surface area contributed by atoms with Crippen molar-refractivity contribution in [1.82, 2.24) is 15.3 Å². The number of rotatable bonds is 6. The fourth-order valence-corrected chi connectivity index (χ4v) is 4.80. The molecule has 178 valence electrons. The maximum absolute atomic E-state index is 12.7. The number of amides is 1. The first-order valence-electron chi connectivity index (χ1n) is 10.7. The minimum Gasteiger partial charge on any atom is -0.332 e. The van der Waals surface area contributed by atoms with E-state index >= 15 is 0 Å². The second-order valence-corrected chi connectivity index (χ2v) is 10.0. The molecule has 10 heteroatoms. The molecular weight excluding hydrogens is 482 g/mol. The van der Waals surface area contributed by atoms with Crippen molar-refractivity contribution in [2.75, 3.05) is 10.0 Å². The molecule has 0 saturated heterocycles. The SMILES string of the molecule is Cc1cc(C)nc(NS(=O)(=O)c2ccc(NC(=S)NC(=O)Cc3cccc4ccccc34)cc2)n1. The Morgan fingerprint density at radius 2 is 1.57 bits per heavy atom. The minimum atomic E-state index is -3.87. The van der Waals surface area contributed by atoms with Crippen LogP contribution in [-0.4, -0.2) is 29.4 Å². The van der Waals surface area contributed by atoms with Gasteiger partial charge in [0.25, 0.3) is 10.0 Å². The van der Waals surface area contributed by atoms with Crippen LogP contribution in [0.3, 0.4) is 0 Å². The number of aryl methyl sites for hydroxylation is 2. The summed E-state index contributed by atoms with van der Waals surface area (Å²) in [5.74, 6) is -0.240. The highest BCUT2D eigenvalue weighted by Crippen LogP contribution is 2.19. The topological polar surface area (TPSA) is 113 Å². The lowest BCUT2D eigenvalue weighted by atomic mass is 10.0. The fraction of sp³-hybridized carbons (Fsp3) is 0.120. The van der Waals surface area contributed by atoms with E-state index in [-0.39, 0.29) is 28.3 Å². The summed E-state index contributed by atoms with van der Waals surface area (Å²) < 4.78 is 27.7. The van der Waals surface area contributed by atoms with E-state index in [1.54, 1.807) is 32.0 Å². The van der Waals surface area contributed by atoms with Crippen molar-refractivity contribution < 1.29 is 13.2 Å². The van der Waals surface area contributed by atoms with Gasteiger partial charge in [-0.15, -0.1) is 0 Å². The number of carbonyl (C=O) groups is 1. The Balaban J connectivity index is 1.37. The van der Waals surface area contributed by atoms with Crippen molar-refractivity contribution in [1.29, 1.82) is 0 Å². The minimum absolute atomic E-state index is 0.0137. The summed E-state index contributed by atoms with van der Waals surface area (Å²) in [7, 11) is -3.87. The van der Waals surface area contributed by atoms with Crippen molar-refractivity contribution in [2.45, 2.75) is 25.2 Å². The lowest BCUT2D eigenvalue weighted by molar-refractivity contribution is -0.119. The van der Waals surface area contributed by atoms with Gasteiger partial charge in [-0.05, 0) is 72.7 Å². The number of sulfonamides is 1. The van der Waals surface area contributed by atoms with Gasteiger partial charge in [0, 0.05) is 17.1 Å². The summed E-state index contributed by atoms with van der Waals surface area (Å²) in [4.78, 5) is 20.8. The Morgan fingerprint density at radius 1 is 0.914 bits per heavy atom. The van der Waals surface area contributed by atoms with Crippen LogP contribution in [-0.2, 0) is 21.2 Å². The molecule has 1 heterocycles. The summed E-state index contributed by atoms with van der Waals surface area (Å²) >= 11 is 5.25. The number of nitrogens with zero attached hydrogens (tertiary/aromatic N) is 2.